The van der Waals surface area contributed by atoms with Crippen LogP contribution >= 0.6 is 0 Å². The zero-order valence-electron chi connectivity index (χ0n) is 14.9. The van der Waals surface area contributed by atoms with Crippen molar-refractivity contribution in [3.05, 3.63) is 62.9 Å². The summed E-state index contributed by atoms with van der Waals surface area (Å²) in [4.78, 5) is 37.5. The van der Waals surface area contributed by atoms with Gasteiger partial charge in [0.2, 0.25) is 5.91 Å². The van der Waals surface area contributed by atoms with Gasteiger partial charge in [-0.2, -0.15) is 0 Å². The largest absolute Gasteiger partial charge is 0.330 e. The first-order valence-electron chi connectivity index (χ1n) is 7.98. The van der Waals surface area contributed by atoms with Gasteiger partial charge in [0.15, 0.2) is 9.84 Å². The van der Waals surface area contributed by atoms with Gasteiger partial charge in [-0.3, -0.25) is 18.7 Å². The number of rotatable bonds is 6. The van der Waals surface area contributed by atoms with Gasteiger partial charge in [-0.15, -0.1) is 0 Å². The number of hydrogen-bond acceptors (Lipinski definition) is 5. The molecule has 9 heteroatoms. The van der Waals surface area contributed by atoms with Crippen molar-refractivity contribution in [2.75, 3.05) is 17.2 Å². The quantitative estimate of drug-likeness (QED) is 0.706. The summed E-state index contributed by atoms with van der Waals surface area (Å²) >= 11 is 0. The highest BCUT2D eigenvalue weighted by Gasteiger charge is 2.24. The number of para-hydroxylation sites is 1. The van der Waals surface area contributed by atoms with Gasteiger partial charge < -0.3 is 4.90 Å². The highest BCUT2D eigenvalue weighted by Crippen LogP contribution is 2.14. The molecule has 0 fully saturated rings. The number of amides is 1. The average Bonchev–Trinajstić information content (AvgIpc) is 2.58. The van der Waals surface area contributed by atoms with Crippen LogP contribution in [0.25, 0.3) is 0 Å². The molecule has 1 heterocycles. The van der Waals surface area contributed by atoms with Crippen molar-refractivity contribution in [3.8, 4) is 0 Å². The Morgan fingerprint density at radius 1 is 1.08 bits per heavy atom. The van der Waals surface area contributed by atoms with E-state index in [2.05, 4.69) is 0 Å². The van der Waals surface area contributed by atoms with E-state index in [0.717, 1.165) is 15.2 Å². The maximum Gasteiger partial charge on any atom is 0.330 e. The molecule has 2 rings (SSSR count). The smallest absolute Gasteiger partial charge is 0.312 e. The standard InChI is InChI=1S/C17H21N3O5S/c1-4-20(13-8-6-5-7-9-13)16(22)12-26(24,25)11-14-10-15(21)19(3)17(23)18(14)2/h5-10H,4,11-12H2,1-3H3. The minimum Gasteiger partial charge on any atom is -0.312 e. The second kappa shape index (κ2) is 7.69. The Kier molecular flexibility index (Phi) is 5.81. The van der Waals surface area contributed by atoms with Crippen molar-refractivity contribution in [3.63, 3.8) is 0 Å². The van der Waals surface area contributed by atoms with Gasteiger partial charge in [-0.05, 0) is 19.1 Å². The summed E-state index contributed by atoms with van der Waals surface area (Å²) in [5, 5.41) is 0. The second-order valence-electron chi connectivity index (χ2n) is 5.88. The van der Waals surface area contributed by atoms with Crippen molar-refractivity contribution >= 4 is 21.4 Å². The summed E-state index contributed by atoms with van der Waals surface area (Å²) in [5.41, 5.74) is -0.553. The molecular weight excluding hydrogens is 358 g/mol. The zero-order valence-corrected chi connectivity index (χ0v) is 15.7. The summed E-state index contributed by atoms with van der Waals surface area (Å²) < 4.78 is 26.9. The predicted octanol–water partition coefficient (Wildman–Crippen LogP) is 0.0519. The third-order valence-corrected chi connectivity index (χ3v) is 5.44. The fourth-order valence-corrected chi connectivity index (χ4v) is 3.93. The van der Waals surface area contributed by atoms with Gasteiger partial charge in [-0.1, -0.05) is 18.2 Å². The summed E-state index contributed by atoms with van der Waals surface area (Å²) in [6.45, 7) is 2.07. The van der Waals surface area contributed by atoms with E-state index in [1.807, 2.05) is 0 Å². The molecule has 2 aromatic rings. The SMILES string of the molecule is CCN(C(=O)CS(=O)(=O)Cc1cc(=O)n(C)c(=O)n1C)c1ccccc1. The topological polar surface area (TPSA) is 98.5 Å². The van der Waals surface area contributed by atoms with Gasteiger partial charge in [0.05, 0.1) is 5.75 Å². The van der Waals surface area contributed by atoms with Crippen molar-refractivity contribution in [2.45, 2.75) is 12.7 Å². The van der Waals surface area contributed by atoms with Crippen molar-refractivity contribution in [1.29, 1.82) is 0 Å². The first kappa shape index (κ1) is 19.6. The van der Waals surface area contributed by atoms with Crippen LogP contribution in [0.4, 0.5) is 5.69 Å². The molecule has 0 saturated carbocycles. The normalized spacial score (nSPS) is 11.3. The van der Waals surface area contributed by atoms with Gasteiger partial charge >= 0.3 is 5.69 Å². The lowest BCUT2D eigenvalue weighted by atomic mass is 10.3. The van der Waals surface area contributed by atoms with E-state index in [0.29, 0.717) is 12.2 Å². The van der Waals surface area contributed by atoms with Gasteiger partial charge in [-0.25, -0.2) is 13.2 Å². The lowest BCUT2D eigenvalue weighted by Crippen LogP contribution is -2.39. The van der Waals surface area contributed by atoms with Crippen molar-refractivity contribution in [1.82, 2.24) is 9.13 Å². The van der Waals surface area contributed by atoms with E-state index in [4.69, 9.17) is 0 Å². The lowest BCUT2D eigenvalue weighted by Gasteiger charge is -2.21. The Morgan fingerprint density at radius 2 is 1.69 bits per heavy atom. The summed E-state index contributed by atoms with van der Waals surface area (Å²) in [6, 6.07) is 9.86. The number of hydrogen-bond donors (Lipinski definition) is 0. The Bertz CT molecular complexity index is 1020. The van der Waals surface area contributed by atoms with E-state index in [-0.39, 0.29) is 5.69 Å². The molecule has 0 aliphatic carbocycles. The van der Waals surface area contributed by atoms with E-state index >= 15 is 0 Å². The number of carbonyl (C=O) groups is 1. The Hall–Kier alpha value is -2.68. The maximum atomic E-state index is 12.5. The van der Waals surface area contributed by atoms with Crippen molar-refractivity contribution in [2.24, 2.45) is 14.1 Å². The van der Waals surface area contributed by atoms with Gasteiger partial charge in [0.25, 0.3) is 5.56 Å². The Labute approximate surface area is 151 Å². The molecule has 26 heavy (non-hydrogen) atoms. The number of benzene rings is 1. The molecule has 0 radical (unpaired) electrons. The molecule has 1 aromatic heterocycles. The van der Waals surface area contributed by atoms with Crippen molar-refractivity contribution < 1.29 is 13.2 Å². The Balaban J connectivity index is 2.25. The van der Waals surface area contributed by atoms with E-state index < -0.39 is 38.5 Å². The molecule has 1 aromatic carbocycles. The number of sulfone groups is 1. The van der Waals surface area contributed by atoms with Gasteiger partial charge in [0.1, 0.15) is 5.75 Å². The van der Waals surface area contributed by atoms with Crippen LogP contribution in [0.5, 0.6) is 0 Å². The third kappa shape index (κ3) is 4.29. The summed E-state index contributed by atoms with van der Waals surface area (Å²) in [7, 11) is -1.17. The minimum atomic E-state index is -3.86. The fraction of sp³-hybridized carbons (Fsp3) is 0.353. The summed E-state index contributed by atoms with van der Waals surface area (Å²) in [6.07, 6.45) is 0. The molecule has 8 nitrogen and oxygen atoms in total. The molecule has 1 amide bonds. The number of nitrogens with zero attached hydrogens (tertiary/aromatic N) is 3. The number of carbonyl (C=O) groups excluding carboxylic acids is 1. The van der Waals surface area contributed by atoms with Crippen LogP contribution in [0.2, 0.25) is 0 Å². The van der Waals surface area contributed by atoms with Gasteiger partial charge in [0, 0.05) is 38.1 Å². The molecule has 140 valence electrons. The van der Waals surface area contributed by atoms with Crippen LogP contribution in [0, 0.1) is 0 Å². The van der Waals surface area contributed by atoms with E-state index in [1.165, 1.54) is 19.0 Å². The van der Waals surface area contributed by atoms with Crippen LogP contribution in [0.3, 0.4) is 0 Å². The van der Waals surface area contributed by atoms with Crippen LogP contribution < -0.4 is 16.1 Å². The number of aromatic nitrogens is 2. The van der Waals surface area contributed by atoms with Crippen LogP contribution in [0.15, 0.2) is 46.0 Å². The molecule has 0 aliphatic rings. The van der Waals surface area contributed by atoms with E-state index in [9.17, 15) is 22.8 Å². The predicted molar refractivity (Wildman–Crippen MR) is 98.9 cm³/mol. The zero-order chi connectivity index (χ0) is 19.5. The molecule has 0 saturated heterocycles. The molecule has 0 N–H and O–H groups in total. The molecule has 0 bridgehead atoms. The first-order chi connectivity index (χ1) is 12.2. The van der Waals surface area contributed by atoms with Crippen LogP contribution in [-0.4, -0.2) is 35.8 Å². The van der Waals surface area contributed by atoms with E-state index in [1.54, 1.807) is 37.3 Å². The molecular formula is C17H21N3O5S. The third-order valence-electron chi connectivity index (χ3n) is 4.02. The molecule has 0 spiro atoms. The molecule has 0 atom stereocenters. The first-order valence-corrected chi connectivity index (χ1v) is 9.80. The Morgan fingerprint density at radius 3 is 2.27 bits per heavy atom. The second-order valence-corrected chi connectivity index (χ2v) is 7.94. The highest BCUT2D eigenvalue weighted by molar-refractivity contribution is 7.91. The van der Waals surface area contributed by atoms with Crippen LogP contribution in [-0.2, 0) is 34.5 Å². The minimum absolute atomic E-state index is 0.0497. The summed E-state index contributed by atoms with van der Waals surface area (Å²) in [5.74, 6) is -1.83. The van der Waals surface area contributed by atoms with Crippen LogP contribution in [0.1, 0.15) is 12.6 Å². The molecule has 0 aliphatic heterocycles. The number of anilines is 1. The highest BCUT2D eigenvalue weighted by atomic mass is 32.2. The monoisotopic (exact) mass is 379 g/mol. The molecule has 0 unspecified atom stereocenters. The fourth-order valence-electron chi connectivity index (χ4n) is 2.57. The average molecular weight is 379 g/mol. The lowest BCUT2D eigenvalue weighted by molar-refractivity contribution is -0.116. The maximum absolute atomic E-state index is 12.5.